The number of fused-ring (bicyclic) bond motifs is 2. The molecule has 1 aliphatic rings. The van der Waals surface area contributed by atoms with Crippen molar-refractivity contribution in [1.82, 2.24) is 25.4 Å². The molecule has 0 aliphatic carbocycles. The Bertz CT molecular complexity index is 1080. The molecule has 0 atom stereocenters. The van der Waals surface area contributed by atoms with E-state index in [1.54, 1.807) is 11.3 Å². The highest BCUT2D eigenvalue weighted by molar-refractivity contribution is 7.16. The molecule has 25 heavy (non-hydrogen) atoms. The van der Waals surface area contributed by atoms with Crippen molar-refractivity contribution in [2.45, 2.75) is 19.9 Å². The van der Waals surface area contributed by atoms with Crippen molar-refractivity contribution in [3.63, 3.8) is 0 Å². The van der Waals surface area contributed by atoms with Gasteiger partial charge < -0.3 is 9.84 Å². The van der Waals surface area contributed by atoms with E-state index in [2.05, 4.69) is 25.4 Å². The molecule has 1 N–H and O–H groups in total. The Kier molecular flexibility index (Phi) is 3.36. The van der Waals surface area contributed by atoms with Crippen LogP contribution in [0.4, 0.5) is 0 Å². The summed E-state index contributed by atoms with van der Waals surface area (Å²) in [5.74, 6) is 1.14. The number of aromatic nitrogens is 4. The highest BCUT2D eigenvalue weighted by atomic mass is 32.1. The van der Waals surface area contributed by atoms with Crippen molar-refractivity contribution >= 4 is 21.6 Å². The highest BCUT2D eigenvalue weighted by Crippen LogP contribution is 2.31. The summed E-state index contributed by atoms with van der Waals surface area (Å²) in [6, 6.07) is 5.99. The smallest absolute Gasteiger partial charge is 0.258 e. The van der Waals surface area contributed by atoms with E-state index in [1.807, 2.05) is 36.8 Å². The van der Waals surface area contributed by atoms with Gasteiger partial charge in [0.15, 0.2) is 0 Å². The van der Waals surface area contributed by atoms with Crippen molar-refractivity contribution in [3.8, 4) is 22.8 Å². The maximum atomic E-state index is 5.56. The first-order valence-electron chi connectivity index (χ1n) is 8.15. The fourth-order valence-corrected chi connectivity index (χ4v) is 4.01. The number of benzene rings is 1. The van der Waals surface area contributed by atoms with Crippen molar-refractivity contribution in [2.24, 2.45) is 0 Å². The summed E-state index contributed by atoms with van der Waals surface area (Å²) in [5.41, 5.74) is 8.16. The van der Waals surface area contributed by atoms with Crippen molar-refractivity contribution < 1.29 is 4.52 Å². The Morgan fingerprint density at radius 1 is 1.24 bits per heavy atom. The first-order valence-corrected chi connectivity index (χ1v) is 9.03. The molecule has 0 bridgehead atoms. The monoisotopic (exact) mass is 349 g/mol. The third-order valence-corrected chi connectivity index (χ3v) is 5.35. The van der Waals surface area contributed by atoms with Crippen molar-refractivity contribution in [3.05, 3.63) is 46.7 Å². The molecule has 4 aromatic rings. The van der Waals surface area contributed by atoms with Crippen LogP contribution in [0.2, 0.25) is 0 Å². The molecule has 5 rings (SSSR count). The zero-order valence-corrected chi connectivity index (χ0v) is 14.4. The first kappa shape index (κ1) is 14.7. The van der Waals surface area contributed by atoms with E-state index >= 15 is 0 Å². The summed E-state index contributed by atoms with van der Waals surface area (Å²) in [6.45, 7) is 3.79. The van der Waals surface area contributed by atoms with Crippen LogP contribution in [0.3, 0.4) is 0 Å². The summed E-state index contributed by atoms with van der Waals surface area (Å²) in [4.78, 5) is 13.5. The average Bonchev–Trinajstić information content (AvgIpc) is 3.30. The van der Waals surface area contributed by atoms with Gasteiger partial charge in [0.1, 0.15) is 0 Å². The summed E-state index contributed by atoms with van der Waals surface area (Å²) in [5, 5.41) is 7.62. The number of pyridine rings is 1. The van der Waals surface area contributed by atoms with E-state index < -0.39 is 0 Å². The minimum absolute atomic E-state index is 0.524. The van der Waals surface area contributed by atoms with Gasteiger partial charge in [-0.2, -0.15) is 4.98 Å². The lowest BCUT2D eigenvalue weighted by Crippen LogP contribution is -2.24. The fraction of sp³-hybridized carbons (Fsp3) is 0.222. The largest absolute Gasteiger partial charge is 0.334 e. The summed E-state index contributed by atoms with van der Waals surface area (Å²) >= 11 is 1.60. The second-order valence-electron chi connectivity index (χ2n) is 6.11. The molecule has 0 saturated carbocycles. The number of thiazole rings is 1. The number of hydrogen-bond donors (Lipinski definition) is 1. The molecule has 1 aliphatic heterocycles. The SMILES string of the molecule is Cc1ncc2c(c1-c1noc(-c3ccc4ncsc4c3)n1)CCNC2. The Hall–Kier alpha value is -2.64. The van der Waals surface area contributed by atoms with E-state index in [0.29, 0.717) is 11.7 Å². The Balaban J connectivity index is 1.61. The molecule has 3 aromatic heterocycles. The zero-order valence-electron chi connectivity index (χ0n) is 13.6. The average molecular weight is 349 g/mol. The molecule has 0 spiro atoms. The van der Waals surface area contributed by atoms with Crippen LogP contribution in [0.1, 0.15) is 16.8 Å². The molecular formula is C18H15N5OS. The summed E-state index contributed by atoms with van der Waals surface area (Å²) < 4.78 is 6.67. The maximum Gasteiger partial charge on any atom is 0.258 e. The van der Waals surface area contributed by atoms with Gasteiger partial charge in [-0.25, -0.2) is 4.98 Å². The van der Waals surface area contributed by atoms with Crippen LogP contribution in [-0.2, 0) is 13.0 Å². The van der Waals surface area contributed by atoms with Crippen LogP contribution in [0.25, 0.3) is 33.1 Å². The van der Waals surface area contributed by atoms with Gasteiger partial charge in [0.2, 0.25) is 5.82 Å². The van der Waals surface area contributed by atoms with Gasteiger partial charge in [-0.3, -0.25) is 4.98 Å². The third kappa shape index (κ3) is 2.43. The molecule has 4 heterocycles. The molecule has 124 valence electrons. The topological polar surface area (TPSA) is 76.7 Å². The van der Waals surface area contributed by atoms with Gasteiger partial charge in [-0.15, -0.1) is 11.3 Å². The van der Waals surface area contributed by atoms with Crippen LogP contribution in [0, 0.1) is 6.92 Å². The minimum atomic E-state index is 0.524. The molecule has 0 radical (unpaired) electrons. The quantitative estimate of drug-likeness (QED) is 0.598. The standard InChI is InChI=1S/C18H15N5OS/c1-10-16(13-4-5-19-7-12(13)8-20-10)17-22-18(24-23-17)11-2-3-14-15(6-11)25-9-21-14/h2-3,6,8-9,19H,4-5,7H2,1H3. The van der Waals surface area contributed by atoms with Gasteiger partial charge in [-0.1, -0.05) is 5.16 Å². The lowest BCUT2D eigenvalue weighted by molar-refractivity contribution is 0.432. The molecular weight excluding hydrogens is 334 g/mol. The van der Waals surface area contributed by atoms with Crippen LogP contribution in [0.15, 0.2) is 34.4 Å². The van der Waals surface area contributed by atoms with Crippen LogP contribution >= 0.6 is 11.3 Å². The first-order chi connectivity index (χ1) is 12.3. The predicted molar refractivity (Wildman–Crippen MR) is 96.3 cm³/mol. The Morgan fingerprint density at radius 2 is 2.20 bits per heavy atom. The van der Waals surface area contributed by atoms with Crippen LogP contribution in [0.5, 0.6) is 0 Å². The van der Waals surface area contributed by atoms with E-state index in [1.165, 1.54) is 11.1 Å². The van der Waals surface area contributed by atoms with E-state index in [0.717, 1.165) is 46.5 Å². The van der Waals surface area contributed by atoms with Gasteiger partial charge in [0.05, 0.1) is 15.7 Å². The Morgan fingerprint density at radius 3 is 3.16 bits per heavy atom. The van der Waals surface area contributed by atoms with E-state index in [4.69, 9.17) is 4.52 Å². The number of aryl methyl sites for hydroxylation is 1. The van der Waals surface area contributed by atoms with Crippen molar-refractivity contribution in [2.75, 3.05) is 6.54 Å². The normalized spacial score (nSPS) is 14.0. The summed E-state index contributed by atoms with van der Waals surface area (Å²) in [6.07, 6.45) is 2.89. The molecule has 7 heteroatoms. The number of nitrogens with zero attached hydrogens (tertiary/aromatic N) is 4. The molecule has 0 saturated heterocycles. The van der Waals surface area contributed by atoms with Gasteiger partial charge in [0.25, 0.3) is 5.89 Å². The van der Waals surface area contributed by atoms with Crippen LogP contribution in [-0.4, -0.2) is 26.7 Å². The van der Waals surface area contributed by atoms with E-state index in [9.17, 15) is 0 Å². The van der Waals surface area contributed by atoms with Crippen LogP contribution < -0.4 is 5.32 Å². The number of rotatable bonds is 2. The lowest BCUT2D eigenvalue weighted by atomic mass is 9.95. The zero-order chi connectivity index (χ0) is 16.8. The second kappa shape index (κ2) is 5.72. The minimum Gasteiger partial charge on any atom is -0.334 e. The second-order valence-corrected chi connectivity index (χ2v) is 6.99. The lowest BCUT2D eigenvalue weighted by Gasteiger charge is -2.19. The third-order valence-electron chi connectivity index (χ3n) is 4.56. The maximum absolute atomic E-state index is 5.56. The van der Waals surface area contributed by atoms with Crippen molar-refractivity contribution in [1.29, 1.82) is 0 Å². The number of hydrogen-bond acceptors (Lipinski definition) is 7. The highest BCUT2D eigenvalue weighted by Gasteiger charge is 2.21. The van der Waals surface area contributed by atoms with E-state index in [-0.39, 0.29) is 0 Å². The van der Waals surface area contributed by atoms with Gasteiger partial charge in [0, 0.05) is 29.6 Å². The van der Waals surface area contributed by atoms with Gasteiger partial charge in [-0.05, 0) is 49.2 Å². The van der Waals surface area contributed by atoms with Gasteiger partial charge >= 0.3 is 0 Å². The predicted octanol–water partition coefficient (Wildman–Crippen LogP) is 3.36. The molecule has 0 fully saturated rings. The molecule has 1 aromatic carbocycles. The number of nitrogens with one attached hydrogen (secondary N) is 1. The summed E-state index contributed by atoms with van der Waals surface area (Å²) in [7, 11) is 0. The molecule has 6 nitrogen and oxygen atoms in total. The molecule has 0 unspecified atom stereocenters. The Labute approximate surface area is 147 Å². The fourth-order valence-electron chi connectivity index (χ4n) is 3.30. The molecule has 0 amide bonds.